The Balaban J connectivity index is 4.79. The highest BCUT2D eigenvalue weighted by Gasteiger charge is 2.29. The fourth-order valence-corrected chi connectivity index (χ4v) is 1.81. The quantitative estimate of drug-likeness (QED) is 0.153. The van der Waals surface area contributed by atoms with Crippen LogP contribution >= 0.6 is 0 Å². The molecule has 0 aliphatic rings. The lowest BCUT2D eigenvalue weighted by atomic mass is 10.1. The van der Waals surface area contributed by atoms with Gasteiger partial charge in [-0.2, -0.15) is 0 Å². The van der Waals surface area contributed by atoms with Gasteiger partial charge in [0.2, 0.25) is 24.1 Å². The first-order chi connectivity index (χ1) is 12.6. The molecule has 0 radical (unpaired) electrons. The molecule has 13 nitrogen and oxygen atoms in total. The fraction of sp³-hybridized carbons (Fsp3) is 0.571. The number of aliphatic hydroxyl groups excluding tert-OH is 1. The highest BCUT2D eigenvalue weighted by Crippen LogP contribution is 2.00. The molecule has 0 aromatic heterocycles. The summed E-state index contributed by atoms with van der Waals surface area (Å²) in [5.74, 6) is -5.12. The van der Waals surface area contributed by atoms with Crippen molar-refractivity contribution in [1.82, 2.24) is 21.3 Å². The Bertz CT molecular complexity index is 579. The molecule has 13 heteroatoms. The first kappa shape index (κ1) is 23.8. The normalized spacial score (nSPS) is 13.4. The first-order valence-electron chi connectivity index (χ1n) is 7.74. The van der Waals surface area contributed by atoms with Crippen LogP contribution in [0.1, 0.15) is 19.8 Å². The van der Waals surface area contributed by atoms with Gasteiger partial charge in [-0.1, -0.05) is 0 Å². The minimum absolute atomic E-state index is 0.191. The van der Waals surface area contributed by atoms with Crippen LogP contribution in [0.15, 0.2) is 0 Å². The van der Waals surface area contributed by atoms with E-state index in [9.17, 15) is 33.9 Å². The van der Waals surface area contributed by atoms with Crippen LogP contribution < -0.4 is 21.3 Å². The molecule has 0 aromatic rings. The third kappa shape index (κ3) is 10.4. The number of carbonyl (C=O) groups excluding carboxylic acids is 4. The molecule has 27 heavy (non-hydrogen) atoms. The Hall–Kier alpha value is -3.22. The van der Waals surface area contributed by atoms with Gasteiger partial charge in [-0.3, -0.25) is 28.8 Å². The van der Waals surface area contributed by atoms with Gasteiger partial charge in [-0.15, -0.1) is 0 Å². The number of aliphatic hydroxyl groups is 1. The number of carboxylic acids is 2. The minimum atomic E-state index is -1.49. The van der Waals surface area contributed by atoms with Crippen molar-refractivity contribution in [2.24, 2.45) is 0 Å². The van der Waals surface area contributed by atoms with Gasteiger partial charge in [-0.25, -0.2) is 0 Å². The summed E-state index contributed by atoms with van der Waals surface area (Å²) < 4.78 is 0. The van der Waals surface area contributed by atoms with Crippen LogP contribution in [-0.2, 0) is 28.8 Å². The van der Waals surface area contributed by atoms with Crippen molar-refractivity contribution in [1.29, 1.82) is 0 Å². The van der Waals surface area contributed by atoms with Crippen LogP contribution in [0.3, 0.4) is 0 Å². The van der Waals surface area contributed by atoms with Gasteiger partial charge in [-0.05, 0) is 13.3 Å². The van der Waals surface area contributed by atoms with Crippen LogP contribution in [0.4, 0.5) is 0 Å². The number of rotatable bonds is 13. The first-order valence-corrected chi connectivity index (χ1v) is 7.74. The van der Waals surface area contributed by atoms with E-state index in [-0.39, 0.29) is 12.8 Å². The molecule has 4 amide bonds. The Labute approximate surface area is 153 Å². The van der Waals surface area contributed by atoms with Crippen molar-refractivity contribution in [3.8, 4) is 0 Å². The molecule has 0 spiro atoms. The summed E-state index contributed by atoms with van der Waals surface area (Å²) >= 11 is 0. The van der Waals surface area contributed by atoms with E-state index in [2.05, 4.69) is 16.0 Å². The van der Waals surface area contributed by atoms with E-state index < -0.39 is 67.4 Å². The number of carboxylic acid groups (broad SMARTS) is 2. The number of amides is 4. The van der Waals surface area contributed by atoms with Gasteiger partial charge >= 0.3 is 11.9 Å². The Kier molecular flexibility index (Phi) is 10.7. The van der Waals surface area contributed by atoms with Gasteiger partial charge in [0, 0.05) is 6.42 Å². The monoisotopic (exact) mass is 390 g/mol. The molecule has 7 N–H and O–H groups in total. The molecule has 152 valence electrons. The average molecular weight is 390 g/mol. The van der Waals surface area contributed by atoms with Gasteiger partial charge < -0.3 is 36.6 Å². The van der Waals surface area contributed by atoms with E-state index in [1.54, 1.807) is 0 Å². The molecule has 0 aliphatic carbocycles. The predicted molar refractivity (Wildman–Crippen MR) is 87.1 cm³/mol. The summed E-state index contributed by atoms with van der Waals surface area (Å²) in [4.78, 5) is 67.0. The van der Waals surface area contributed by atoms with E-state index in [0.29, 0.717) is 0 Å². The summed E-state index contributed by atoms with van der Waals surface area (Å²) in [6.07, 6.45) is -1.86. The van der Waals surface area contributed by atoms with Crippen molar-refractivity contribution in [2.75, 3.05) is 13.1 Å². The van der Waals surface area contributed by atoms with Gasteiger partial charge in [0.15, 0.2) is 0 Å². The topological polar surface area (TPSA) is 211 Å². The van der Waals surface area contributed by atoms with Crippen molar-refractivity contribution < 1.29 is 44.1 Å². The van der Waals surface area contributed by atoms with Crippen molar-refractivity contribution in [2.45, 2.75) is 38.0 Å². The highest BCUT2D eigenvalue weighted by atomic mass is 16.4. The van der Waals surface area contributed by atoms with E-state index in [4.69, 9.17) is 10.2 Å². The molecular weight excluding hydrogens is 368 g/mol. The van der Waals surface area contributed by atoms with Crippen LogP contribution in [-0.4, -0.2) is 82.7 Å². The van der Waals surface area contributed by atoms with Crippen LogP contribution in [0.25, 0.3) is 0 Å². The molecule has 0 saturated heterocycles. The molecule has 0 heterocycles. The van der Waals surface area contributed by atoms with Crippen molar-refractivity contribution in [3.63, 3.8) is 0 Å². The average Bonchev–Trinajstić information content (AvgIpc) is 2.58. The molecule has 3 atom stereocenters. The summed E-state index contributed by atoms with van der Waals surface area (Å²) in [6.45, 7) is -0.0530. The molecular formula is C14H22N4O9. The molecule has 0 unspecified atom stereocenters. The lowest BCUT2D eigenvalue weighted by Gasteiger charge is -2.23. The van der Waals surface area contributed by atoms with Gasteiger partial charge in [0.25, 0.3) is 0 Å². The number of hydrogen-bond donors (Lipinski definition) is 7. The van der Waals surface area contributed by atoms with E-state index in [1.807, 2.05) is 5.32 Å². The second-order valence-electron chi connectivity index (χ2n) is 5.38. The molecule has 0 saturated carbocycles. The predicted octanol–water partition coefficient (Wildman–Crippen LogP) is -3.85. The maximum absolute atomic E-state index is 12.1. The standard InChI is InChI=1S/C14H22N4O9/c1-7(20)12(14(27)16-4-9(21)15-5-11(24)25)18-13(26)8(17-6-19)2-3-10(22)23/h6-8,12,20H,2-5H2,1H3,(H,15,21)(H,16,27)(H,17,19)(H,18,26)(H,22,23)(H,24,25)/t7-,8+,12+/m1/s1. The van der Waals surface area contributed by atoms with Crippen molar-refractivity contribution in [3.05, 3.63) is 0 Å². The lowest BCUT2D eigenvalue weighted by Crippen LogP contribution is -2.57. The molecule has 0 aliphatic heterocycles. The Morgan fingerprint density at radius 2 is 1.59 bits per heavy atom. The van der Waals surface area contributed by atoms with Crippen LogP contribution in [0, 0.1) is 0 Å². The van der Waals surface area contributed by atoms with E-state index >= 15 is 0 Å². The largest absolute Gasteiger partial charge is 0.481 e. The second-order valence-corrected chi connectivity index (χ2v) is 5.38. The molecule has 0 aromatic carbocycles. The van der Waals surface area contributed by atoms with Crippen LogP contribution in [0.2, 0.25) is 0 Å². The van der Waals surface area contributed by atoms with Gasteiger partial charge in [0.1, 0.15) is 18.6 Å². The number of nitrogens with one attached hydrogen (secondary N) is 4. The number of hydrogen-bond acceptors (Lipinski definition) is 7. The SMILES string of the molecule is C[C@@H](O)[C@H](NC(=O)[C@H](CCC(=O)O)NC=O)C(=O)NCC(=O)NCC(=O)O. The Morgan fingerprint density at radius 3 is 2.07 bits per heavy atom. The van der Waals surface area contributed by atoms with E-state index in [1.165, 1.54) is 6.92 Å². The molecule has 0 bridgehead atoms. The van der Waals surface area contributed by atoms with Gasteiger partial charge in [0.05, 0.1) is 12.6 Å². The number of carbonyl (C=O) groups is 6. The van der Waals surface area contributed by atoms with Crippen LogP contribution in [0.5, 0.6) is 0 Å². The lowest BCUT2D eigenvalue weighted by molar-refractivity contribution is -0.139. The third-order valence-electron chi connectivity index (χ3n) is 3.16. The maximum Gasteiger partial charge on any atom is 0.322 e. The second kappa shape index (κ2) is 12.2. The summed E-state index contributed by atoms with van der Waals surface area (Å²) in [5.41, 5.74) is 0. The zero-order chi connectivity index (χ0) is 21.0. The smallest absolute Gasteiger partial charge is 0.322 e. The summed E-state index contributed by atoms with van der Waals surface area (Å²) in [5, 5.41) is 35.1. The fourth-order valence-electron chi connectivity index (χ4n) is 1.81. The summed E-state index contributed by atoms with van der Waals surface area (Å²) in [6, 6.07) is -2.74. The maximum atomic E-state index is 12.1. The zero-order valence-electron chi connectivity index (χ0n) is 14.4. The highest BCUT2D eigenvalue weighted by molar-refractivity contribution is 5.93. The number of aliphatic carboxylic acids is 2. The van der Waals surface area contributed by atoms with E-state index in [0.717, 1.165) is 0 Å². The zero-order valence-corrected chi connectivity index (χ0v) is 14.4. The molecule has 0 fully saturated rings. The third-order valence-corrected chi connectivity index (χ3v) is 3.16. The Morgan fingerprint density at radius 1 is 0.963 bits per heavy atom. The van der Waals surface area contributed by atoms with Crippen molar-refractivity contribution >= 4 is 36.1 Å². The summed E-state index contributed by atoms with van der Waals surface area (Å²) in [7, 11) is 0. The minimum Gasteiger partial charge on any atom is -0.481 e. The molecule has 0 rings (SSSR count).